The second-order valence-corrected chi connectivity index (χ2v) is 3.93. The molecular formula is C10H17N3O3. The Kier molecular flexibility index (Phi) is 3.89. The van der Waals surface area contributed by atoms with Crippen molar-refractivity contribution in [3.05, 3.63) is 12.4 Å². The van der Waals surface area contributed by atoms with E-state index in [9.17, 15) is 4.79 Å². The molecule has 1 heterocycles. The molecule has 0 fully saturated rings. The summed E-state index contributed by atoms with van der Waals surface area (Å²) in [7, 11) is 0. The minimum Gasteiger partial charge on any atom is -0.488 e. The molecule has 1 aromatic rings. The van der Waals surface area contributed by atoms with Gasteiger partial charge in [-0.3, -0.25) is 9.48 Å². The maximum Gasteiger partial charge on any atom is 0.322 e. The highest BCUT2D eigenvalue weighted by Crippen LogP contribution is 2.16. The number of ether oxygens (including phenoxy) is 1. The van der Waals surface area contributed by atoms with Crippen molar-refractivity contribution in [3.63, 3.8) is 0 Å². The number of carboxylic acid groups (broad SMARTS) is 1. The predicted octanol–water partition coefficient (Wildman–Crippen LogP) is 0.643. The lowest BCUT2D eigenvalue weighted by molar-refractivity contribution is -0.139. The van der Waals surface area contributed by atoms with Crippen LogP contribution >= 0.6 is 0 Å². The Morgan fingerprint density at radius 1 is 1.56 bits per heavy atom. The zero-order valence-electron chi connectivity index (χ0n) is 9.62. The van der Waals surface area contributed by atoms with Crippen molar-refractivity contribution in [2.75, 3.05) is 0 Å². The maximum atomic E-state index is 10.7. The highest BCUT2D eigenvalue weighted by molar-refractivity contribution is 5.73. The van der Waals surface area contributed by atoms with Crippen LogP contribution in [0, 0.1) is 0 Å². The Balaban J connectivity index is 2.73. The highest BCUT2D eigenvalue weighted by atomic mass is 16.5. The van der Waals surface area contributed by atoms with Crippen LogP contribution in [-0.4, -0.2) is 33.0 Å². The van der Waals surface area contributed by atoms with E-state index < -0.39 is 18.1 Å². The first-order valence-electron chi connectivity index (χ1n) is 5.11. The molecule has 0 amide bonds. The van der Waals surface area contributed by atoms with Crippen LogP contribution in [0.5, 0.6) is 5.75 Å². The zero-order chi connectivity index (χ0) is 12.3. The van der Waals surface area contributed by atoms with Gasteiger partial charge in [0, 0.05) is 0 Å². The fraction of sp³-hybridized carbons (Fsp3) is 0.600. The van der Waals surface area contributed by atoms with Gasteiger partial charge in [-0.1, -0.05) is 0 Å². The summed E-state index contributed by atoms with van der Waals surface area (Å²) in [6.07, 6.45) is 3.25. The third-order valence-corrected chi connectivity index (χ3v) is 2.17. The van der Waals surface area contributed by atoms with Crippen molar-refractivity contribution in [2.45, 2.75) is 39.0 Å². The Morgan fingerprint density at radius 2 is 2.19 bits per heavy atom. The molecule has 0 aromatic carbocycles. The third-order valence-electron chi connectivity index (χ3n) is 2.17. The normalized spacial score (nSPS) is 14.8. The average Bonchev–Trinajstić information content (AvgIpc) is 2.62. The second kappa shape index (κ2) is 4.98. The quantitative estimate of drug-likeness (QED) is 0.770. The SMILES string of the molecule is CC(C)Oc1cnn(C(C)C(N)C(=O)O)c1. The van der Waals surface area contributed by atoms with E-state index in [0.29, 0.717) is 5.75 Å². The van der Waals surface area contributed by atoms with Crippen molar-refractivity contribution in [1.29, 1.82) is 0 Å². The van der Waals surface area contributed by atoms with E-state index in [4.69, 9.17) is 15.6 Å². The zero-order valence-corrected chi connectivity index (χ0v) is 9.62. The summed E-state index contributed by atoms with van der Waals surface area (Å²) in [6.45, 7) is 5.51. The van der Waals surface area contributed by atoms with Crippen LogP contribution < -0.4 is 10.5 Å². The number of nitrogens with two attached hydrogens (primary N) is 1. The molecule has 0 radical (unpaired) electrons. The molecule has 6 nitrogen and oxygen atoms in total. The van der Waals surface area contributed by atoms with Gasteiger partial charge in [-0.25, -0.2) is 0 Å². The van der Waals surface area contributed by atoms with Crippen LogP contribution in [0.25, 0.3) is 0 Å². The van der Waals surface area contributed by atoms with Crippen LogP contribution in [-0.2, 0) is 4.79 Å². The molecule has 2 unspecified atom stereocenters. The summed E-state index contributed by atoms with van der Waals surface area (Å²) in [5.41, 5.74) is 5.50. The van der Waals surface area contributed by atoms with Crippen LogP contribution in [0.2, 0.25) is 0 Å². The molecule has 0 aliphatic rings. The monoisotopic (exact) mass is 227 g/mol. The first-order chi connectivity index (χ1) is 7.41. The minimum atomic E-state index is -1.05. The smallest absolute Gasteiger partial charge is 0.322 e. The number of aromatic nitrogens is 2. The number of carbonyl (C=O) groups is 1. The number of rotatable bonds is 5. The third kappa shape index (κ3) is 2.96. The topological polar surface area (TPSA) is 90.4 Å². The number of nitrogens with zero attached hydrogens (tertiary/aromatic N) is 2. The van der Waals surface area contributed by atoms with Gasteiger partial charge in [0.15, 0.2) is 5.75 Å². The Labute approximate surface area is 94.0 Å². The van der Waals surface area contributed by atoms with Crippen LogP contribution in [0.1, 0.15) is 26.8 Å². The van der Waals surface area contributed by atoms with Gasteiger partial charge in [0.1, 0.15) is 6.04 Å². The van der Waals surface area contributed by atoms with Gasteiger partial charge >= 0.3 is 5.97 Å². The van der Waals surface area contributed by atoms with Crippen molar-refractivity contribution >= 4 is 5.97 Å². The molecule has 0 aliphatic heterocycles. The van der Waals surface area contributed by atoms with Gasteiger partial charge in [0.05, 0.1) is 24.5 Å². The molecule has 0 aliphatic carbocycles. The van der Waals surface area contributed by atoms with E-state index in [-0.39, 0.29) is 6.10 Å². The largest absolute Gasteiger partial charge is 0.488 e. The van der Waals surface area contributed by atoms with Gasteiger partial charge in [-0.05, 0) is 20.8 Å². The summed E-state index contributed by atoms with van der Waals surface area (Å²) in [5.74, 6) is -0.436. The molecule has 16 heavy (non-hydrogen) atoms. The second-order valence-electron chi connectivity index (χ2n) is 3.93. The van der Waals surface area contributed by atoms with E-state index in [1.54, 1.807) is 19.3 Å². The first-order valence-corrected chi connectivity index (χ1v) is 5.11. The molecule has 0 spiro atoms. The fourth-order valence-corrected chi connectivity index (χ4v) is 1.25. The average molecular weight is 227 g/mol. The summed E-state index contributed by atoms with van der Waals surface area (Å²) in [5, 5.41) is 12.8. The number of carboxylic acids is 1. The van der Waals surface area contributed by atoms with E-state index in [1.165, 1.54) is 4.68 Å². The molecule has 0 bridgehead atoms. The molecule has 6 heteroatoms. The summed E-state index contributed by atoms with van der Waals surface area (Å²) < 4.78 is 6.91. The molecule has 2 atom stereocenters. The van der Waals surface area contributed by atoms with Crippen molar-refractivity contribution in [1.82, 2.24) is 9.78 Å². The van der Waals surface area contributed by atoms with Gasteiger partial charge in [-0.2, -0.15) is 5.10 Å². The lowest BCUT2D eigenvalue weighted by atomic mass is 10.1. The van der Waals surface area contributed by atoms with Gasteiger partial charge < -0.3 is 15.6 Å². The van der Waals surface area contributed by atoms with E-state index in [1.807, 2.05) is 13.8 Å². The van der Waals surface area contributed by atoms with Gasteiger partial charge in [0.25, 0.3) is 0 Å². The standard InChI is InChI=1S/C10H17N3O3/c1-6(2)16-8-4-12-13(5-8)7(3)9(11)10(14)15/h4-7,9H,11H2,1-3H3,(H,14,15). The van der Waals surface area contributed by atoms with Crippen LogP contribution in [0.4, 0.5) is 0 Å². The molecule has 1 rings (SSSR count). The highest BCUT2D eigenvalue weighted by Gasteiger charge is 2.22. The van der Waals surface area contributed by atoms with Crippen molar-refractivity contribution in [2.24, 2.45) is 5.73 Å². The molecule has 3 N–H and O–H groups in total. The first kappa shape index (κ1) is 12.5. The molecule has 1 aromatic heterocycles. The fourth-order valence-electron chi connectivity index (χ4n) is 1.25. The Morgan fingerprint density at radius 3 is 2.69 bits per heavy atom. The van der Waals surface area contributed by atoms with Crippen LogP contribution in [0.15, 0.2) is 12.4 Å². The van der Waals surface area contributed by atoms with E-state index in [2.05, 4.69) is 5.10 Å². The van der Waals surface area contributed by atoms with Crippen molar-refractivity contribution in [3.8, 4) is 5.75 Å². The summed E-state index contributed by atoms with van der Waals surface area (Å²) in [6, 6.07) is -1.39. The number of hydrogen-bond donors (Lipinski definition) is 2. The lowest BCUT2D eigenvalue weighted by Gasteiger charge is -2.16. The summed E-state index contributed by atoms with van der Waals surface area (Å²) in [4.78, 5) is 10.7. The van der Waals surface area contributed by atoms with E-state index in [0.717, 1.165) is 0 Å². The molecule has 0 saturated carbocycles. The van der Waals surface area contributed by atoms with Gasteiger partial charge in [-0.15, -0.1) is 0 Å². The summed E-state index contributed by atoms with van der Waals surface area (Å²) >= 11 is 0. The number of aliphatic carboxylic acids is 1. The van der Waals surface area contributed by atoms with Crippen molar-refractivity contribution < 1.29 is 14.6 Å². The molecule has 0 saturated heterocycles. The Bertz CT molecular complexity index is 362. The Hall–Kier alpha value is -1.56. The van der Waals surface area contributed by atoms with Crippen LogP contribution in [0.3, 0.4) is 0 Å². The molecule has 90 valence electrons. The predicted molar refractivity (Wildman–Crippen MR) is 58.3 cm³/mol. The number of hydrogen-bond acceptors (Lipinski definition) is 4. The minimum absolute atomic E-state index is 0.0566. The lowest BCUT2D eigenvalue weighted by Crippen LogP contribution is -2.38. The van der Waals surface area contributed by atoms with Gasteiger partial charge in [0.2, 0.25) is 0 Å². The maximum absolute atomic E-state index is 10.7. The molecular weight excluding hydrogens is 210 g/mol. The van der Waals surface area contributed by atoms with E-state index >= 15 is 0 Å².